The third-order valence-electron chi connectivity index (χ3n) is 7.02. The fraction of sp³-hybridized carbons (Fsp3) is 0.880. The summed E-state index contributed by atoms with van der Waals surface area (Å²) in [5.41, 5.74) is -0.781. The van der Waals surface area contributed by atoms with Crippen LogP contribution in [0.4, 0.5) is 4.79 Å². The van der Waals surface area contributed by atoms with Gasteiger partial charge in [-0.15, -0.1) is 0 Å². The second-order valence-electron chi connectivity index (χ2n) is 10.1. The third kappa shape index (κ3) is 8.99. The van der Waals surface area contributed by atoms with Gasteiger partial charge in [0.25, 0.3) is 0 Å². The van der Waals surface area contributed by atoms with E-state index in [0.29, 0.717) is 32.4 Å². The number of carboxylic acid groups (broad SMARTS) is 1. The number of ether oxygens (including phenoxy) is 1. The lowest BCUT2D eigenvalue weighted by atomic mass is 9.39. The van der Waals surface area contributed by atoms with Gasteiger partial charge in [-0.25, -0.2) is 4.79 Å². The summed E-state index contributed by atoms with van der Waals surface area (Å²) in [6, 6.07) is -0.148. The number of hydrogen-bond acceptors (Lipinski definition) is 4. The van der Waals surface area contributed by atoms with E-state index < -0.39 is 11.4 Å². The van der Waals surface area contributed by atoms with Crippen molar-refractivity contribution in [1.82, 2.24) is 10.6 Å². The van der Waals surface area contributed by atoms with Crippen molar-refractivity contribution in [2.24, 2.45) is 5.41 Å². The van der Waals surface area contributed by atoms with Crippen LogP contribution in [0.1, 0.15) is 116 Å². The van der Waals surface area contributed by atoms with E-state index in [9.17, 15) is 14.4 Å². The van der Waals surface area contributed by atoms with Gasteiger partial charge in [-0.3, -0.25) is 9.59 Å². The summed E-state index contributed by atoms with van der Waals surface area (Å²) in [5, 5.41) is 15.0. The minimum Gasteiger partial charge on any atom is -0.481 e. The van der Waals surface area contributed by atoms with Crippen LogP contribution in [-0.2, 0) is 14.3 Å². The monoisotopic (exact) mass is 452 g/mol. The largest absolute Gasteiger partial charge is 0.481 e. The van der Waals surface area contributed by atoms with Gasteiger partial charge < -0.3 is 20.5 Å². The number of hydrogen-bond donors (Lipinski definition) is 3. The Labute approximate surface area is 193 Å². The van der Waals surface area contributed by atoms with Gasteiger partial charge in [0.1, 0.15) is 0 Å². The molecule has 3 fully saturated rings. The van der Waals surface area contributed by atoms with Crippen LogP contribution < -0.4 is 10.6 Å². The van der Waals surface area contributed by atoms with Crippen LogP contribution in [0, 0.1) is 5.41 Å². The van der Waals surface area contributed by atoms with E-state index in [4.69, 9.17) is 9.84 Å². The summed E-state index contributed by atoms with van der Waals surface area (Å²) < 4.78 is 4.93. The molecule has 32 heavy (non-hydrogen) atoms. The highest BCUT2D eigenvalue weighted by Gasteiger charge is 2.72. The Kier molecular flexibility index (Phi) is 11.3. The number of amides is 2. The first-order valence-electron chi connectivity index (χ1n) is 12.8. The normalized spacial score (nSPS) is 23.0. The van der Waals surface area contributed by atoms with E-state index in [1.54, 1.807) is 0 Å². The number of esters is 1. The molecule has 0 aromatic carbocycles. The molecule has 0 aromatic heterocycles. The van der Waals surface area contributed by atoms with Gasteiger partial charge in [0.2, 0.25) is 0 Å². The van der Waals surface area contributed by atoms with E-state index >= 15 is 0 Å². The van der Waals surface area contributed by atoms with Crippen LogP contribution >= 0.6 is 0 Å². The highest BCUT2D eigenvalue weighted by molar-refractivity contribution is 5.83. The van der Waals surface area contributed by atoms with Gasteiger partial charge in [-0.1, -0.05) is 77.0 Å². The van der Waals surface area contributed by atoms with Crippen LogP contribution in [0.2, 0.25) is 0 Å². The van der Waals surface area contributed by atoms with Crippen LogP contribution in [0.15, 0.2) is 0 Å². The number of carboxylic acids is 1. The maximum atomic E-state index is 11.9. The lowest BCUT2D eigenvalue weighted by Crippen LogP contribution is -2.77. The highest BCUT2D eigenvalue weighted by Crippen LogP contribution is 2.67. The van der Waals surface area contributed by atoms with E-state index in [2.05, 4.69) is 10.6 Å². The molecule has 7 heteroatoms. The molecule has 0 heterocycles. The lowest BCUT2D eigenvalue weighted by Gasteiger charge is -2.67. The molecule has 0 unspecified atom stereocenters. The van der Waals surface area contributed by atoms with Crippen molar-refractivity contribution in [1.29, 1.82) is 0 Å². The Morgan fingerprint density at radius 2 is 1.19 bits per heavy atom. The van der Waals surface area contributed by atoms with Gasteiger partial charge >= 0.3 is 18.0 Å². The van der Waals surface area contributed by atoms with E-state index in [1.165, 1.54) is 71.1 Å². The maximum Gasteiger partial charge on any atom is 0.315 e. The quantitative estimate of drug-likeness (QED) is 0.182. The Morgan fingerprint density at radius 3 is 1.62 bits per heavy atom. The van der Waals surface area contributed by atoms with Crippen molar-refractivity contribution >= 4 is 18.0 Å². The zero-order valence-corrected chi connectivity index (χ0v) is 20.0. The van der Waals surface area contributed by atoms with E-state index in [1.807, 2.05) is 0 Å². The molecule has 3 rings (SSSR count). The summed E-state index contributed by atoms with van der Waals surface area (Å²) >= 11 is 0. The minimum atomic E-state index is -0.720. The molecule has 2 bridgehead atoms. The molecular weight excluding hydrogens is 408 g/mol. The second kappa shape index (κ2) is 13.7. The van der Waals surface area contributed by atoms with E-state index in [0.717, 1.165) is 25.7 Å². The van der Waals surface area contributed by atoms with Gasteiger partial charge in [0.05, 0.1) is 12.0 Å². The van der Waals surface area contributed by atoms with Crippen LogP contribution in [0.25, 0.3) is 0 Å². The first-order chi connectivity index (χ1) is 15.4. The van der Waals surface area contributed by atoms with Crippen LogP contribution in [0.3, 0.4) is 0 Å². The Bertz CT molecular complexity index is 587. The van der Waals surface area contributed by atoms with Crippen molar-refractivity contribution in [3.8, 4) is 0 Å². The van der Waals surface area contributed by atoms with Gasteiger partial charge in [0.15, 0.2) is 0 Å². The smallest absolute Gasteiger partial charge is 0.315 e. The summed E-state index contributed by atoms with van der Waals surface area (Å²) in [6.07, 6.45) is 19.0. The van der Waals surface area contributed by atoms with Crippen LogP contribution in [0.5, 0.6) is 0 Å². The second-order valence-corrected chi connectivity index (χ2v) is 10.1. The van der Waals surface area contributed by atoms with Crippen molar-refractivity contribution in [3.05, 3.63) is 0 Å². The first-order valence-corrected chi connectivity index (χ1v) is 12.8. The van der Waals surface area contributed by atoms with Crippen molar-refractivity contribution < 1.29 is 24.2 Å². The zero-order chi connectivity index (χ0) is 23.3. The van der Waals surface area contributed by atoms with Crippen molar-refractivity contribution in [2.75, 3.05) is 13.2 Å². The summed E-state index contributed by atoms with van der Waals surface area (Å²) in [7, 11) is 0. The van der Waals surface area contributed by atoms with Crippen molar-refractivity contribution in [3.63, 3.8) is 0 Å². The summed E-state index contributed by atoms with van der Waals surface area (Å²) in [4.78, 5) is 33.7. The predicted octanol–water partition coefficient (Wildman–Crippen LogP) is 5.32. The number of rotatable bonds is 19. The number of nitrogens with one attached hydrogen (secondary N) is 2. The molecule has 3 aliphatic carbocycles. The fourth-order valence-corrected chi connectivity index (χ4v) is 5.20. The third-order valence-corrected chi connectivity index (χ3v) is 7.02. The number of carbonyl (C=O) groups excluding carboxylic acids is 2. The van der Waals surface area contributed by atoms with Gasteiger partial charge in [-0.05, 0) is 32.1 Å². The molecule has 0 aromatic rings. The average Bonchev–Trinajstić information content (AvgIpc) is 2.68. The number of carbonyl (C=O) groups is 3. The van der Waals surface area contributed by atoms with Gasteiger partial charge in [0, 0.05) is 19.0 Å². The zero-order valence-electron chi connectivity index (χ0n) is 20.0. The molecule has 0 saturated heterocycles. The number of unbranched alkanes of at least 4 members (excludes halogenated alkanes) is 13. The maximum absolute atomic E-state index is 11.9. The molecule has 0 spiro atoms. The average molecular weight is 453 g/mol. The molecular formula is C25H44N2O5. The lowest BCUT2D eigenvalue weighted by molar-refractivity contribution is -0.196. The molecule has 7 nitrogen and oxygen atoms in total. The standard InChI is InChI=1S/C25H44N2O5/c1-21(28)32-17-15-13-11-9-7-5-3-2-4-6-8-10-12-14-16-26-23(31)27-25-18-24(19-25,20-25)22(29)30/h2-20H2,1H3,(H,29,30)(H2,26,27,31). The number of urea groups is 1. The first kappa shape index (κ1) is 26.5. The number of aliphatic carboxylic acids is 1. The molecule has 3 aliphatic rings. The Hall–Kier alpha value is -1.79. The molecule has 2 amide bonds. The Balaban J connectivity index is 1.25. The van der Waals surface area contributed by atoms with E-state index in [-0.39, 0.29) is 17.5 Å². The molecule has 0 radical (unpaired) electrons. The van der Waals surface area contributed by atoms with Gasteiger partial charge in [-0.2, -0.15) is 0 Å². The van der Waals surface area contributed by atoms with Crippen LogP contribution in [-0.4, -0.2) is 41.8 Å². The minimum absolute atomic E-state index is 0.148. The molecule has 0 atom stereocenters. The Morgan fingerprint density at radius 1 is 0.750 bits per heavy atom. The van der Waals surface area contributed by atoms with Crippen molar-refractivity contribution in [2.45, 2.75) is 122 Å². The predicted molar refractivity (Wildman–Crippen MR) is 124 cm³/mol. The fourth-order valence-electron chi connectivity index (χ4n) is 5.20. The summed E-state index contributed by atoms with van der Waals surface area (Å²) in [6.45, 7) is 2.72. The topological polar surface area (TPSA) is 105 Å². The summed E-state index contributed by atoms with van der Waals surface area (Å²) in [5.74, 6) is -0.899. The highest BCUT2D eigenvalue weighted by atomic mass is 16.5. The molecule has 0 aliphatic heterocycles. The molecule has 3 saturated carbocycles. The molecule has 3 N–H and O–H groups in total. The SMILES string of the molecule is CC(=O)OCCCCCCCCCCCCCCCCNC(=O)NC12CC(C(=O)O)(C1)C2. The molecule has 184 valence electrons.